The van der Waals surface area contributed by atoms with Crippen molar-refractivity contribution in [3.05, 3.63) is 167 Å². The van der Waals surface area contributed by atoms with E-state index in [2.05, 4.69) is 341 Å². The zero-order valence-electron chi connectivity index (χ0n) is 84.2. The Hall–Kier alpha value is -8.42. The SMILES string of the molecule is Cc1c(C)c(C)c2c([nH]c3c2c2c(c4c5c(C)c(C)c(C)c(C)c5n(C5(C)OCC(C)CC(C)C5C)c34)C(C)N(C)C2C)c1C.Cc1c(C)c(C)c2c(c1C)c1c3c(c4c5c(C)c(C)c(C)c(C)c5n(C)c4c1n2C)C(C)N(C)C3C.Cc1c(C)c(C)c2c(c1C)c1c3c(c4c5c(C)c(C)c(C)c(C)c5n5c4c1n2C1(C)OC5(C)C(C)C1C)C(C)N(C)C3C. The van der Waals surface area contributed by atoms with E-state index in [4.69, 9.17) is 9.47 Å². The summed E-state index contributed by atoms with van der Waals surface area (Å²) < 4.78 is 28.1. The molecule has 2 bridgehead atoms. The van der Waals surface area contributed by atoms with Crippen LogP contribution in [0.5, 0.6) is 0 Å². The molecule has 6 aliphatic rings. The molecule has 124 heavy (non-hydrogen) atoms. The summed E-state index contributed by atoms with van der Waals surface area (Å²) in [6.45, 7) is 90.5. The summed E-state index contributed by atoms with van der Waals surface area (Å²) in [4.78, 5) is 11.9. The van der Waals surface area contributed by atoms with E-state index in [1.807, 2.05) is 0 Å². The number of nitrogens with one attached hydrogen (secondary N) is 1. The van der Waals surface area contributed by atoms with E-state index in [9.17, 15) is 0 Å². The molecule has 6 aromatic heterocycles. The van der Waals surface area contributed by atoms with Gasteiger partial charge in [0.1, 0.15) is 17.2 Å². The summed E-state index contributed by atoms with van der Waals surface area (Å²) in [5.41, 5.74) is 58.1. The van der Waals surface area contributed by atoms with Gasteiger partial charge in [-0.05, 0) is 435 Å². The second-order valence-corrected chi connectivity index (χ2v) is 42.8. The second kappa shape index (κ2) is 27.1. The number of aromatic amines is 1. The van der Waals surface area contributed by atoms with Gasteiger partial charge in [-0.3, -0.25) is 14.7 Å². The number of benzene rings is 9. The average Bonchev–Trinajstić information content (AvgIpc) is 1.47. The number of nitrogens with zero attached hydrogens (tertiary/aromatic N) is 8. The van der Waals surface area contributed by atoms with Crippen LogP contribution in [0, 0.1) is 196 Å². The molecule has 9 aromatic carbocycles. The van der Waals surface area contributed by atoms with Crippen LogP contribution in [0.15, 0.2) is 0 Å². The van der Waals surface area contributed by atoms with Crippen LogP contribution in [0.1, 0.15) is 307 Å². The summed E-state index contributed by atoms with van der Waals surface area (Å²) in [5, 5.41) is 17.4. The standard InChI is InChI=1S/C41H55N3O.C39H49N3O.C33H41N3/c1-18-16-19(2)28(11)41(14,45-17-18)44-39-27(10)23(6)21(4)25(8)32(39)36-34-30(13)43(15)29(12)33(34)35-31-24(7)20(3)22(5)26(9)37(31)42-38(35)40(36)44;1-16-18(3)22(7)34-28(20(16)5)32-30-26(11)40(15)27(12)31(30)33-29-21(6)17(2)19(4)23(8)35(29)42-37(33)36(32)41(34)38(13)24(9)25(10)39(42,14)43-38;1-14-16(3)20(7)30-24(18(14)5)28-26-22(9)34(11)23(10)27(26)29-25-19(6)15(2)17(4)21(8)31(25)36(13)33(29)32(28)35(30)12/h18-19,28-30,42H,16-17H2,1-15H3;24-27H,1-15H3;22-23H,1-13H3. The van der Waals surface area contributed by atoms with E-state index in [0.29, 0.717) is 65.8 Å². The lowest BCUT2D eigenvalue weighted by molar-refractivity contribution is -0.173. The van der Waals surface area contributed by atoms with Crippen molar-refractivity contribution in [3.63, 3.8) is 0 Å². The van der Waals surface area contributed by atoms with Crippen LogP contribution in [0.3, 0.4) is 0 Å². The Labute approximate surface area is 739 Å². The third-order valence-corrected chi connectivity index (χ3v) is 38.5. The minimum absolute atomic E-state index is 0.305. The normalized spacial score (nSPS) is 26.0. The molecular formula is C113H145N9O2. The number of aryl methyl sites for hydroxylation is 14. The van der Waals surface area contributed by atoms with E-state index < -0.39 is 17.2 Å². The first-order valence-corrected chi connectivity index (χ1v) is 47.4. The van der Waals surface area contributed by atoms with Crippen molar-refractivity contribution in [2.24, 2.45) is 43.7 Å². The van der Waals surface area contributed by atoms with Crippen molar-refractivity contribution in [1.82, 2.24) is 42.5 Å². The van der Waals surface area contributed by atoms with E-state index in [1.165, 1.54) is 293 Å². The molecule has 2 saturated heterocycles. The molecule has 14 unspecified atom stereocenters. The van der Waals surface area contributed by atoms with Crippen molar-refractivity contribution in [1.29, 1.82) is 0 Å². The Morgan fingerprint density at radius 3 is 0.815 bits per heavy atom. The van der Waals surface area contributed by atoms with Gasteiger partial charge in [0.25, 0.3) is 0 Å². The van der Waals surface area contributed by atoms with E-state index >= 15 is 0 Å². The number of H-pyrrole nitrogens is 1. The summed E-state index contributed by atoms with van der Waals surface area (Å²) in [5.74, 6) is 2.05. The third-order valence-electron chi connectivity index (χ3n) is 38.5. The fourth-order valence-electron chi connectivity index (χ4n) is 27.7. The molecule has 0 aliphatic carbocycles. The highest BCUT2D eigenvalue weighted by molar-refractivity contribution is 6.31. The smallest absolute Gasteiger partial charge is 0.148 e. The van der Waals surface area contributed by atoms with Crippen LogP contribution in [0.25, 0.3) is 131 Å². The van der Waals surface area contributed by atoms with Crippen LogP contribution in [-0.2, 0) is 40.7 Å². The van der Waals surface area contributed by atoms with Gasteiger partial charge in [0.2, 0.25) is 0 Å². The highest BCUT2D eigenvalue weighted by Crippen LogP contribution is 2.66. The van der Waals surface area contributed by atoms with Crippen molar-refractivity contribution in [3.8, 4) is 0 Å². The highest BCUT2D eigenvalue weighted by Gasteiger charge is 2.61. The molecular weight excluding hydrogens is 1520 g/mol. The molecule has 0 radical (unpaired) electrons. The number of hydrogen-bond donors (Lipinski definition) is 1. The molecule has 0 saturated carbocycles. The number of rotatable bonds is 1. The van der Waals surface area contributed by atoms with Crippen molar-refractivity contribution in [2.45, 2.75) is 323 Å². The second-order valence-electron chi connectivity index (χ2n) is 42.8. The molecule has 0 amide bonds. The van der Waals surface area contributed by atoms with Gasteiger partial charge in [0, 0.05) is 133 Å². The molecule has 1 N–H and O–H groups in total. The minimum Gasteiger partial charge on any atom is -0.355 e. The third kappa shape index (κ3) is 9.78. The number of hydrogen-bond acceptors (Lipinski definition) is 5. The fraction of sp³-hybridized carbons (Fsp3) is 0.522. The molecule has 12 heterocycles. The Bertz CT molecular complexity index is 7180. The lowest BCUT2D eigenvalue weighted by atomic mass is 9.82. The largest absolute Gasteiger partial charge is 0.355 e. The average molecular weight is 1660 g/mol. The quantitative estimate of drug-likeness (QED) is 0.177. The molecule has 14 atom stereocenters. The lowest BCUT2D eigenvalue weighted by Crippen LogP contribution is -2.41. The van der Waals surface area contributed by atoms with Crippen LogP contribution >= 0.6 is 0 Å². The Morgan fingerprint density at radius 2 is 0.492 bits per heavy atom. The van der Waals surface area contributed by atoms with Gasteiger partial charge in [-0.2, -0.15) is 0 Å². The molecule has 15 aromatic rings. The predicted octanol–water partition coefficient (Wildman–Crippen LogP) is 29.6. The molecule has 11 nitrogen and oxygen atoms in total. The minimum atomic E-state index is -0.503. The predicted molar refractivity (Wildman–Crippen MR) is 532 cm³/mol. The van der Waals surface area contributed by atoms with Gasteiger partial charge in [0.05, 0.1) is 72.8 Å². The van der Waals surface area contributed by atoms with Crippen LogP contribution < -0.4 is 0 Å². The van der Waals surface area contributed by atoms with E-state index in [0.717, 1.165) is 6.61 Å². The van der Waals surface area contributed by atoms with Crippen LogP contribution in [-0.4, -0.2) is 70.3 Å². The molecule has 11 heteroatoms. The van der Waals surface area contributed by atoms with E-state index in [-0.39, 0.29) is 0 Å². The van der Waals surface area contributed by atoms with Gasteiger partial charge in [-0.1, -0.05) is 34.6 Å². The highest BCUT2D eigenvalue weighted by atomic mass is 16.6. The topological polar surface area (TPSA) is 68.6 Å². The first-order chi connectivity index (χ1) is 57.9. The zero-order chi connectivity index (χ0) is 90.2. The molecule has 6 aliphatic heterocycles. The van der Waals surface area contributed by atoms with Gasteiger partial charge >= 0.3 is 0 Å². The summed E-state index contributed by atoms with van der Waals surface area (Å²) in [7, 11) is 11.6. The zero-order valence-corrected chi connectivity index (χ0v) is 84.2. The lowest BCUT2D eigenvalue weighted by Gasteiger charge is -2.40. The molecule has 2 fully saturated rings. The molecule has 654 valence electrons. The monoisotopic (exact) mass is 1660 g/mol. The number of fused-ring (bicyclic) bond motifs is 33. The van der Waals surface area contributed by atoms with Gasteiger partial charge < -0.3 is 37.3 Å². The van der Waals surface area contributed by atoms with E-state index in [1.54, 1.807) is 11.1 Å². The van der Waals surface area contributed by atoms with Crippen molar-refractivity contribution >= 4 is 131 Å². The summed E-state index contributed by atoms with van der Waals surface area (Å²) in [6.07, 6.45) is 1.19. The summed E-state index contributed by atoms with van der Waals surface area (Å²) in [6, 6.07) is 2.01. The molecule has 0 spiro atoms. The van der Waals surface area contributed by atoms with Gasteiger partial charge in [0.15, 0.2) is 0 Å². The number of aromatic nitrogens is 6. The fourth-order valence-corrected chi connectivity index (χ4v) is 27.7. The Balaban J connectivity index is 0.000000123. The summed E-state index contributed by atoms with van der Waals surface area (Å²) >= 11 is 0. The van der Waals surface area contributed by atoms with Crippen molar-refractivity contribution < 1.29 is 9.47 Å². The maximum Gasteiger partial charge on any atom is 0.148 e. The van der Waals surface area contributed by atoms with Crippen LogP contribution in [0.2, 0.25) is 0 Å². The Morgan fingerprint density at radius 1 is 0.242 bits per heavy atom. The number of ether oxygens (including phenoxy) is 2. The first kappa shape index (κ1) is 85.0. The van der Waals surface area contributed by atoms with Gasteiger partial charge in [-0.25, -0.2) is 0 Å². The maximum atomic E-state index is 7.67. The maximum absolute atomic E-state index is 7.67. The Kier molecular flexibility index (Phi) is 18.6. The molecule has 21 rings (SSSR count). The van der Waals surface area contributed by atoms with Crippen molar-refractivity contribution in [2.75, 3.05) is 27.7 Å². The van der Waals surface area contributed by atoms with Gasteiger partial charge in [-0.15, -0.1) is 0 Å². The first-order valence-electron chi connectivity index (χ1n) is 47.4. The van der Waals surface area contributed by atoms with Crippen LogP contribution in [0.4, 0.5) is 0 Å².